The predicted octanol–water partition coefficient (Wildman–Crippen LogP) is 1.92. The van der Waals surface area contributed by atoms with Gasteiger partial charge < -0.3 is 5.11 Å². The van der Waals surface area contributed by atoms with E-state index in [0.29, 0.717) is 0 Å². The van der Waals surface area contributed by atoms with Crippen LogP contribution in [0, 0.1) is 0 Å². The minimum atomic E-state index is 0.875. The molecule has 0 N–H and O–H groups in total. The van der Waals surface area contributed by atoms with Gasteiger partial charge in [-0.15, -0.1) is 6.26 Å². The zero-order valence-corrected chi connectivity index (χ0v) is 7.49. The Kier molecular flexibility index (Phi) is 1.90. The Bertz CT molecular complexity index is 251. The first-order valence-electron chi connectivity index (χ1n) is 3.77. The van der Waals surface area contributed by atoms with Crippen LogP contribution in [0.15, 0.2) is 34.1 Å². The largest absolute Gasteiger partial charge is 0.877 e. The van der Waals surface area contributed by atoms with Gasteiger partial charge in [0.1, 0.15) is 0 Å². The van der Waals surface area contributed by atoms with Gasteiger partial charge in [0.15, 0.2) is 0 Å². The zero-order chi connectivity index (χ0) is 8.59. The van der Waals surface area contributed by atoms with E-state index in [4.69, 9.17) is 0 Å². The van der Waals surface area contributed by atoms with Crippen molar-refractivity contribution in [2.75, 3.05) is 0 Å². The number of hydrogen-bond acceptors (Lipinski definition) is 1. The maximum absolute atomic E-state index is 10.6. The second-order valence-corrected chi connectivity index (χ2v) is 3.03. The summed E-state index contributed by atoms with van der Waals surface area (Å²) < 4.78 is 0. The molecule has 1 rings (SSSR count). The van der Waals surface area contributed by atoms with E-state index in [1.165, 1.54) is 11.1 Å². The quantitative estimate of drug-likeness (QED) is 0.482. The molecular weight excluding hydrogens is 136 g/mol. The molecule has 0 bridgehead atoms. The molecule has 0 unspecified atom stereocenters. The van der Waals surface area contributed by atoms with Crippen molar-refractivity contribution in [3.05, 3.63) is 34.1 Å². The van der Waals surface area contributed by atoms with E-state index in [9.17, 15) is 5.11 Å². The number of rotatable bonds is 0. The lowest BCUT2D eigenvalue weighted by Gasteiger charge is -2.04. The van der Waals surface area contributed by atoms with Gasteiger partial charge in [-0.2, -0.15) is 0 Å². The molecule has 1 aliphatic rings. The van der Waals surface area contributed by atoms with Gasteiger partial charge in [-0.1, -0.05) is 0 Å². The van der Waals surface area contributed by atoms with Crippen molar-refractivity contribution >= 4 is 0 Å². The lowest BCUT2D eigenvalue weighted by Crippen LogP contribution is -1.93. The highest BCUT2D eigenvalue weighted by molar-refractivity contribution is 5.60. The highest BCUT2D eigenvalue weighted by atomic mass is 16.2. The summed E-state index contributed by atoms with van der Waals surface area (Å²) in [6.07, 6.45) is 0.949. The smallest absolute Gasteiger partial charge is 0.0345 e. The second-order valence-electron chi connectivity index (χ2n) is 3.03. The lowest BCUT2D eigenvalue weighted by atomic mass is 10.1. The van der Waals surface area contributed by atoms with Gasteiger partial charge in [-0.25, -0.2) is 0 Å². The molecule has 0 saturated carbocycles. The molecule has 0 saturated heterocycles. The maximum Gasteiger partial charge on any atom is -0.0345 e. The fraction of sp³-hybridized carbons (Fsp3) is 0.400. The van der Waals surface area contributed by atoms with E-state index in [1.54, 1.807) is 0 Å². The minimum Gasteiger partial charge on any atom is -0.877 e. The molecule has 0 aromatic carbocycles. The van der Waals surface area contributed by atoms with E-state index < -0.39 is 0 Å². The molecule has 0 heterocycles. The molecule has 0 amide bonds. The summed E-state index contributed by atoms with van der Waals surface area (Å²) in [6.45, 7) is 8.12. The third-order valence-corrected chi connectivity index (χ3v) is 2.61. The van der Waals surface area contributed by atoms with Crippen molar-refractivity contribution in [2.24, 2.45) is 0 Å². The van der Waals surface area contributed by atoms with E-state index in [-0.39, 0.29) is 0 Å². The monoisotopic (exact) mass is 149 g/mol. The van der Waals surface area contributed by atoms with Crippen LogP contribution in [0.1, 0.15) is 27.7 Å². The third-order valence-electron chi connectivity index (χ3n) is 2.61. The van der Waals surface area contributed by atoms with Crippen LogP contribution in [-0.4, -0.2) is 0 Å². The highest BCUT2D eigenvalue weighted by Gasteiger charge is 2.15. The van der Waals surface area contributed by atoms with Crippen LogP contribution in [0.5, 0.6) is 0 Å². The van der Waals surface area contributed by atoms with Crippen molar-refractivity contribution in [1.82, 2.24) is 0 Å². The molecule has 0 aliphatic heterocycles. The molecule has 0 fully saturated rings. The molecule has 0 spiro atoms. The van der Waals surface area contributed by atoms with Crippen molar-refractivity contribution < 1.29 is 5.11 Å². The minimum absolute atomic E-state index is 0.875. The van der Waals surface area contributed by atoms with Gasteiger partial charge >= 0.3 is 0 Å². The van der Waals surface area contributed by atoms with Crippen LogP contribution in [0.3, 0.4) is 0 Å². The van der Waals surface area contributed by atoms with Gasteiger partial charge in [0, 0.05) is 0 Å². The lowest BCUT2D eigenvalue weighted by molar-refractivity contribution is -0.275. The third kappa shape index (κ3) is 1.01. The summed E-state index contributed by atoms with van der Waals surface area (Å²) in [6, 6.07) is 0. The fourth-order valence-corrected chi connectivity index (χ4v) is 1.42. The Labute approximate surface area is 67.7 Å². The van der Waals surface area contributed by atoms with Crippen LogP contribution in [0.4, 0.5) is 0 Å². The van der Waals surface area contributed by atoms with Crippen LogP contribution >= 0.6 is 0 Å². The van der Waals surface area contributed by atoms with Gasteiger partial charge in [-0.3, -0.25) is 0 Å². The first-order chi connectivity index (χ1) is 5.09. The van der Waals surface area contributed by atoms with E-state index in [0.717, 1.165) is 23.0 Å². The number of hydrogen-bond donors (Lipinski definition) is 0. The van der Waals surface area contributed by atoms with Crippen LogP contribution in [-0.2, 0) is 0 Å². The van der Waals surface area contributed by atoms with E-state index in [1.807, 2.05) is 13.8 Å². The average molecular weight is 149 g/mol. The average Bonchev–Trinajstić information content (AvgIpc) is 2.17. The fourth-order valence-electron chi connectivity index (χ4n) is 1.42. The summed E-state index contributed by atoms with van der Waals surface area (Å²) in [5.74, 6) is 0. The molecule has 1 heteroatoms. The molecular formula is C10H13O-. The summed E-state index contributed by atoms with van der Waals surface area (Å²) in [5.41, 5.74) is 5.65. The first-order valence-corrected chi connectivity index (χ1v) is 3.77. The van der Waals surface area contributed by atoms with Gasteiger partial charge in [-0.05, 0) is 55.6 Å². The van der Waals surface area contributed by atoms with Crippen molar-refractivity contribution in [2.45, 2.75) is 27.7 Å². The summed E-state index contributed by atoms with van der Waals surface area (Å²) in [4.78, 5) is 0. The molecule has 11 heavy (non-hydrogen) atoms. The summed E-state index contributed by atoms with van der Waals surface area (Å²) in [7, 11) is 0. The standard InChI is InChI=1S/C10H14O/c1-6-7(2)9(4)10(5-11)8(6)3/h5,11H,1-4H3/p-1. The summed E-state index contributed by atoms with van der Waals surface area (Å²) >= 11 is 0. The highest BCUT2D eigenvalue weighted by Crippen LogP contribution is 2.34. The second kappa shape index (κ2) is 2.57. The molecule has 1 nitrogen and oxygen atoms in total. The zero-order valence-electron chi connectivity index (χ0n) is 7.49. The van der Waals surface area contributed by atoms with E-state index >= 15 is 0 Å². The Hall–Kier alpha value is -0.980. The first kappa shape index (κ1) is 8.12. The van der Waals surface area contributed by atoms with Gasteiger partial charge in [0.05, 0.1) is 0 Å². The van der Waals surface area contributed by atoms with Crippen molar-refractivity contribution in [1.29, 1.82) is 0 Å². The Balaban J connectivity index is 3.26. The SMILES string of the molecule is CC1=C(C)C(C)=C(C)C1=C[O-]. The Morgan fingerprint density at radius 1 is 0.818 bits per heavy atom. The molecule has 1 aliphatic carbocycles. The Morgan fingerprint density at radius 2 is 1.18 bits per heavy atom. The summed E-state index contributed by atoms with van der Waals surface area (Å²) in [5, 5.41) is 10.6. The topological polar surface area (TPSA) is 23.1 Å². The number of allylic oxidation sites excluding steroid dienone is 5. The van der Waals surface area contributed by atoms with Crippen molar-refractivity contribution in [3.63, 3.8) is 0 Å². The van der Waals surface area contributed by atoms with Crippen LogP contribution < -0.4 is 5.11 Å². The molecule has 0 aromatic heterocycles. The van der Waals surface area contributed by atoms with Crippen LogP contribution in [0.25, 0.3) is 0 Å². The molecule has 60 valence electrons. The predicted molar refractivity (Wildman–Crippen MR) is 44.8 cm³/mol. The maximum atomic E-state index is 10.6. The molecule has 0 aromatic rings. The van der Waals surface area contributed by atoms with Gasteiger partial charge in [0.25, 0.3) is 0 Å². The van der Waals surface area contributed by atoms with E-state index in [2.05, 4.69) is 13.8 Å². The van der Waals surface area contributed by atoms with Gasteiger partial charge in [0.2, 0.25) is 0 Å². The normalized spacial score (nSPS) is 18.4. The Morgan fingerprint density at radius 3 is 1.36 bits per heavy atom. The van der Waals surface area contributed by atoms with Crippen LogP contribution in [0.2, 0.25) is 0 Å². The van der Waals surface area contributed by atoms with Crippen molar-refractivity contribution in [3.8, 4) is 0 Å². The molecule has 0 radical (unpaired) electrons. The molecule has 0 atom stereocenters.